The molecule has 2 N–H and O–H groups in total. The summed E-state index contributed by atoms with van der Waals surface area (Å²) in [5.41, 5.74) is 6.57. The normalized spacial score (nSPS) is 13.3. The number of benzene rings is 1. The molecule has 108 valence electrons. The molecule has 0 saturated heterocycles. The lowest BCUT2D eigenvalue weighted by molar-refractivity contribution is 0.0629. The van der Waals surface area contributed by atoms with Crippen molar-refractivity contribution in [2.75, 3.05) is 26.7 Å². The predicted octanol–water partition coefficient (Wildman–Crippen LogP) is 2.32. The monoisotopic (exact) mass is 272 g/mol. The molecule has 0 aliphatic carbocycles. The topological polar surface area (TPSA) is 38.5 Å². The lowest BCUT2D eigenvalue weighted by Gasteiger charge is -2.22. The second-order valence-electron chi connectivity index (χ2n) is 4.96. The number of likely N-dealkylation sites (N-methyl/N-ethyl adjacent to an activating group) is 1. The molecule has 1 rings (SSSR count). The van der Waals surface area contributed by atoms with E-state index in [9.17, 15) is 8.78 Å². The second-order valence-corrected chi connectivity index (χ2v) is 4.96. The summed E-state index contributed by atoms with van der Waals surface area (Å²) in [6, 6.07) is 3.42. The van der Waals surface area contributed by atoms with Crippen LogP contribution in [0.3, 0.4) is 0 Å². The molecule has 0 aromatic heterocycles. The fourth-order valence-corrected chi connectivity index (χ4v) is 1.72. The van der Waals surface area contributed by atoms with Crippen LogP contribution in [0, 0.1) is 11.6 Å². The van der Waals surface area contributed by atoms with E-state index < -0.39 is 11.6 Å². The average Bonchev–Trinajstić information content (AvgIpc) is 2.32. The minimum absolute atomic E-state index is 0.202. The summed E-state index contributed by atoms with van der Waals surface area (Å²) in [5, 5.41) is 0. The smallest absolute Gasteiger partial charge is 0.159 e. The van der Waals surface area contributed by atoms with Crippen molar-refractivity contribution >= 4 is 0 Å². The van der Waals surface area contributed by atoms with Gasteiger partial charge in [-0.15, -0.1) is 0 Å². The van der Waals surface area contributed by atoms with Crippen LogP contribution in [0.25, 0.3) is 0 Å². The largest absolute Gasteiger partial charge is 0.377 e. The minimum Gasteiger partial charge on any atom is -0.377 e. The van der Waals surface area contributed by atoms with Crippen LogP contribution >= 0.6 is 0 Å². The number of nitrogens with two attached hydrogens (primary N) is 1. The van der Waals surface area contributed by atoms with Crippen LogP contribution in [0.4, 0.5) is 8.78 Å². The number of hydrogen-bond acceptors (Lipinski definition) is 3. The van der Waals surface area contributed by atoms with Gasteiger partial charge in [-0.3, -0.25) is 0 Å². The standard InChI is InChI=1S/C14H22F2N2O/c1-10(2)19-7-6-18(3)9-14(17)11-4-5-12(15)13(16)8-11/h4-5,8,10,14H,6-7,9,17H2,1-3H3. The summed E-state index contributed by atoms with van der Waals surface area (Å²) < 4.78 is 31.4. The molecule has 0 heterocycles. The molecule has 0 spiro atoms. The van der Waals surface area contributed by atoms with E-state index in [0.29, 0.717) is 18.7 Å². The fraction of sp³-hybridized carbons (Fsp3) is 0.571. The number of hydrogen-bond donors (Lipinski definition) is 1. The Bertz CT molecular complexity index is 399. The Labute approximate surface area is 113 Å². The molecule has 19 heavy (non-hydrogen) atoms. The summed E-state index contributed by atoms with van der Waals surface area (Å²) in [6.45, 7) is 5.89. The first-order chi connectivity index (χ1) is 8.90. The van der Waals surface area contributed by atoms with Crippen molar-refractivity contribution in [2.24, 2.45) is 5.73 Å². The van der Waals surface area contributed by atoms with Crippen LogP contribution in [0.1, 0.15) is 25.5 Å². The maximum atomic E-state index is 13.1. The van der Waals surface area contributed by atoms with Crippen LogP contribution < -0.4 is 5.73 Å². The van der Waals surface area contributed by atoms with E-state index in [4.69, 9.17) is 10.5 Å². The molecule has 1 aromatic rings. The summed E-state index contributed by atoms with van der Waals surface area (Å²) in [5.74, 6) is -1.71. The first-order valence-corrected chi connectivity index (χ1v) is 6.41. The highest BCUT2D eigenvalue weighted by atomic mass is 19.2. The Morgan fingerprint density at radius 2 is 1.95 bits per heavy atom. The van der Waals surface area contributed by atoms with Crippen LogP contribution in [-0.2, 0) is 4.74 Å². The van der Waals surface area contributed by atoms with E-state index in [2.05, 4.69) is 0 Å². The van der Waals surface area contributed by atoms with E-state index in [-0.39, 0.29) is 12.1 Å². The van der Waals surface area contributed by atoms with Crippen molar-refractivity contribution in [2.45, 2.75) is 26.0 Å². The van der Waals surface area contributed by atoms with Gasteiger partial charge in [0.1, 0.15) is 0 Å². The molecule has 0 bridgehead atoms. The molecule has 0 fully saturated rings. The summed E-state index contributed by atoms with van der Waals surface area (Å²) in [4.78, 5) is 2.01. The van der Waals surface area contributed by atoms with Gasteiger partial charge in [0, 0.05) is 19.1 Å². The first-order valence-electron chi connectivity index (χ1n) is 6.41. The molecule has 1 atom stereocenters. The Hall–Kier alpha value is -1.04. The number of ether oxygens (including phenoxy) is 1. The van der Waals surface area contributed by atoms with Gasteiger partial charge in [-0.25, -0.2) is 8.78 Å². The van der Waals surface area contributed by atoms with Gasteiger partial charge in [0.25, 0.3) is 0 Å². The van der Waals surface area contributed by atoms with E-state index >= 15 is 0 Å². The van der Waals surface area contributed by atoms with Gasteiger partial charge >= 0.3 is 0 Å². The third-order valence-electron chi connectivity index (χ3n) is 2.80. The Kier molecular flexibility index (Phi) is 6.34. The molecule has 0 aliphatic rings. The van der Waals surface area contributed by atoms with Gasteiger partial charge in [0.15, 0.2) is 11.6 Å². The van der Waals surface area contributed by atoms with Crippen molar-refractivity contribution in [1.29, 1.82) is 0 Å². The lowest BCUT2D eigenvalue weighted by atomic mass is 10.1. The van der Waals surface area contributed by atoms with Crippen molar-refractivity contribution in [3.05, 3.63) is 35.4 Å². The molecular weight excluding hydrogens is 250 g/mol. The van der Waals surface area contributed by atoms with Crippen molar-refractivity contribution in [3.63, 3.8) is 0 Å². The van der Waals surface area contributed by atoms with Gasteiger partial charge in [-0.1, -0.05) is 6.07 Å². The predicted molar refractivity (Wildman–Crippen MR) is 71.9 cm³/mol. The van der Waals surface area contributed by atoms with Crippen LogP contribution in [0.2, 0.25) is 0 Å². The van der Waals surface area contributed by atoms with E-state index in [1.165, 1.54) is 6.07 Å². The van der Waals surface area contributed by atoms with E-state index in [1.807, 2.05) is 25.8 Å². The van der Waals surface area contributed by atoms with Gasteiger partial charge in [-0.05, 0) is 38.6 Å². The molecular formula is C14H22F2N2O. The third-order valence-corrected chi connectivity index (χ3v) is 2.80. The zero-order chi connectivity index (χ0) is 14.4. The van der Waals surface area contributed by atoms with Gasteiger partial charge in [0.05, 0.1) is 12.7 Å². The molecule has 0 aliphatic heterocycles. The maximum absolute atomic E-state index is 13.1. The maximum Gasteiger partial charge on any atom is 0.159 e. The first kappa shape index (κ1) is 16.0. The highest BCUT2D eigenvalue weighted by Crippen LogP contribution is 2.15. The van der Waals surface area contributed by atoms with Crippen molar-refractivity contribution < 1.29 is 13.5 Å². The average molecular weight is 272 g/mol. The molecule has 0 radical (unpaired) electrons. The minimum atomic E-state index is -0.862. The molecule has 0 saturated carbocycles. The molecule has 0 amide bonds. The molecule has 1 unspecified atom stereocenters. The van der Waals surface area contributed by atoms with E-state index in [0.717, 1.165) is 18.7 Å². The number of rotatable bonds is 7. The summed E-state index contributed by atoms with van der Waals surface area (Å²) >= 11 is 0. The SMILES string of the molecule is CC(C)OCCN(C)CC(N)c1ccc(F)c(F)c1. The quantitative estimate of drug-likeness (QED) is 0.828. The number of nitrogens with zero attached hydrogens (tertiary/aromatic N) is 1. The zero-order valence-corrected chi connectivity index (χ0v) is 11.7. The van der Waals surface area contributed by atoms with Gasteiger partial charge in [0.2, 0.25) is 0 Å². The summed E-state index contributed by atoms with van der Waals surface area (Å²) in [6.07, 6.45) is 0.202. The molecule has 1 aromatic carbocycles. The fourth-order valence-electron chi connectivity index (χ4n) is 1.72. The Morgan fingerprint density at radius 1 is 1.26 bits per heavy atom. The van der Waals surface area contributed by atoms with Gasteiger partial charge in [-0.2, -0.15) is 0 Å². The highest BCUT2D eigenvalue weighted by Gasteiger charge is 2.12. The van der Waals surface area contributed by atoms with Crippen LogP contribution in [-0.4, -0.2) is 37.7 Å². The molecule has 3 nitrogen and oxygen atoms in total. The summed E-state index contributed by atoms with van der Waals surface area (Å²) in [7, 11) is 1.92. The lowest BCUT2D eigenvalue weighted by Crippen LogP contribution is -2.32. The van der Waals surface area contributed by atoms with Crippen molar-refractivity contribution in [3.8, 4) is 0 Å². The van der Waals surface area contributed by atoms with Crippen molar-refractivity contribution in [1.82, 2.24) is 4.90 Å². The molecule has 5 heteroatoms. The second kappa shape index (κ2) is 7.53. The Morgan fingerprint density at radius 3 is 2.53 bits per heavy atom. The highest BCUT2D eigenvalue weighted by molar-refractivity contribution is 5.21. The van der Waals surface area contributed by atoms with Crippen LogP contribution in [0.15, 0.2) is 18.2 Å². The Balaban J connectivity index is 2.44. The zero-order valence-electron chi connectivity index (χ0n) is 11.7. The van der Waals surface area contributed by atoms with Crippen LogP contribution in [0.5, 0.6) is 0 Å². The van der Waals surface area contributed by atoms with Gasteiger partial charge < -0.3 is 15.4 Å². The van der Waals surface area contributed by atoms with E-state index in [1.54, 1.807) is 0 Å². The number of halogens is 2. The third kappa shape index (κ3) is 5.63.